The lowest BCUT2D eigenvalue weighted by Gasteiger charge is -2.22. The largest absolute Gasteiger partial charge is 0.496 e. The molecule has 0 aromatic heterocycles. The van der Waals surface area contributed by atoms with E-state index in [4.69, 9.17) is 4.74 Å². The fraction of sp³-hybridized carbons (Fsp3) is 0.600. The van der Waals surface area contributed by atoms with E-state index in [0.717, 1.165) is 23.3 Å². The van der Waals surface area contributed by atoms with Crippen LogP contribution in [0.4, 0.5) is 0 Å². The Morgan fingerprint density at radius 3 is 2.95 bits per heavy atom. The number of rotatable bonds is 4. The van der Waals surface area contributed by atoms with E-state index in [1.54, 1.807) is 7.11 Å². The Balaban J connectivity index is 1.98. The van der Waals surface area contributed by atoms with Gasteiger partial charge in [0.15, 0.2) is 0 Å². The van der Waals surface area contributed by atoms with Crippen molar-refractivity contribution >= 4 is 15.9 Å². The van der Waals surface area contributed by atoms with Gasteiger partial charge in [-0.25, -0.2) is 0 Å². The van der Waals surface area contributed by atoms with Gasteiger partial charge in [0, 0.05) is 12.1 Å². The second-order valence-corrected chi connectivity index (χ2v) is 6.01. The minimum atomic E-state index is 0.366. The molecule has 1 fully saturated rings. The van der Waals surface area contributed by atoms with Crippen molar-refractivity contribution in [1.82, 2.24) is 10.6 Å². The third-order valence-electron chi connectivity index (χ3n) is 3.74. The first-order chi connectivity index (χ1) is 9.20. The molecule has 1 aliphatic rings. The van der Waals surface area contributed by atoms with Gasteiger partial charge in [0.25, 0.3) is 0 Å². The number of methoxy groups -OCH3 is 1. The minimum Gasteiger partial charge on any atom is -0.496 e. The molecule has 1 aromatic rings. The van der Waals surface area contributed by atoms with Gasteiger partial charge < -0.3 is 15.4 Å². The molecule has 1 aliphatic heterocycles. The number of ether oxygens (including phenoxy) is 1. The van der Waals surface area contributed by atoms with Gasteiger partial charge in [0.05, 0.1) is 11.6 Å². The van der Waals surface area contributed by atoms with Crippen molar-refractivity contribution in [3.05, 3.63) is 28.2 Å². The zero-order valence-electron chi connectivity index (χ0n) is 11.7. The molecular formula is C15H23BrN2O. The standard InChI is InChI=1S/C15H23BrN2O/c1-11(18-13-4-3-8-17-9-7-13)12-5-6-15(19-2)14(16)10-12/h5-6,10-11,13,17-18H,3-4,7-9H2,1-2H3. The quantitative estimate of drug-likeness (QED) is 0.891. The van der Waals surface area contributed by atoms with Crippen molar-refractivity contribution in [1.29, 1.82) is 0 Å². The van der Waals surface area contributed by atoms with Crippen molar-refractivity contribution in [3.8, 4) is 5.75 Å². The Kier molecular flexibility index (Phi) is 5.67. The van der Waals surface area contributed by atoms with Crippen molar-refractivity contribution in [2.75, 3.05) is 20.2 Å². The zero-order valence-corrected chi connectivity index (χ0v) is 13.3. The number of halogens is 1. The molecular weight excluding hydrogens is 304 g/mol. The molecule has 0 radical (unpaired) electrons. The summed E-state index contributed by atoms with van der Waals surface area (Å²) in [4.78, 5) is 0. The Morgan fingerprint density at radius 2 is 2.21 bits per heavy atom. The minimum absolute atomic E-state index is 0.366. The number of hydrogen-bond acceptors (Lipinski definition) is 3. The molecule has 1 saturated heterocycles. The van der Waals surface area contributed by atoms with Crippen molar-refractivity contribution < 1.29 is 4.74 Å². The van der Waals surface area contributed by atoms with Crippen LogP contribution < -0.4 is 15.4 Å². The molecule has 2 rings (SSSR count). The summed E-state index contributed by atoms with van der Waals surface area (Å²) in [7, 11) is 1.69. The number of hydrogen-bond donors (Lipinski definition) is 2. The molecule has 4 heteroatoms. The summed E-state index contributed by atoms with van der Waals surface area (Å²) < 4.78 is 6.29. The zero-order chi connectivity index (χ0) is 13.7. The highest BCUT2D eigenvalue weighted by molar-refractivity contribution is 9.10. The molecule has 0 saturated carbocycles. The van der Waals surface area contributed by atoms with E-state index in [1.165, 1.54) is 24.8 Å². The van der Waals surface area contributed by atoms with Crippen molar-refractivity contribution in [2.24, 2.45) is 0 Å². The van der Waals surface area contributed by atoms with Gasteiger partial charge in [-0.1, -0.05) is 6.07 Å². The Labute approximate surface area is 124 Å². The molecule has 2 atom stereocenters. The highest BCUT2D eigenvalue weighted by atomic mass is 79.9. The SMILES string of the molecule is COc1ccc(C(C)NC2CCCNCC2)cc1Br. The van der Waals surface area contributed by atoms with Crippen molar-refractivity contribution in [3.63, 3.8) is 0 Å². The van der Waals surface area contributed by atoms with E-state index in [-0.39, 0.29) is 0 Å². The maximum atomic E-state index is 5.27. The number of benzene rings is 1. The first kappa shape index (κ1) is 14.8. The van der Waals surface area contributed by atoms with Gasteiger partial charge in [-0.3, -0.25) is 0 Å². The molecule has 0 amide bonds. The van der Waals surface area contributed by atoms with Gasteiger partial charge in [-0.15, -0.1) is 0 Å². The van der Waals surface area contributed by atoms with E-state index >= 15 is 0 Å². The van der Waals surface area contributed by atoms with Gasteiger partial charge in [-0.05, 0) is 72.9 Å². The summed E-state index contributed by atoms with van der Waals surface area (Å²) >= 11 is 3.55. The fourth-order valence-electron chi connectivity index (χ4n) is 2.59. The van der Waals surface area contributed by atoms with Crippen LogP contribution in [-0.4, -0.2) is 26.2 Å². The van der Waals surface area contributed by atoms with Crippen LogP contribution in [0.15, 0.2) is 22.7 Å². The smallest absolute Gasteiger partial charge is 0.133 e. The van der Waals surface area contributed by atoms with E-state index in [1.807, 2.05) is 6.07 Å². The van der Waals surface area contributed by atoms with E-state index < -0.39 is 0 Å². The van der Waals surface area contributed by atoms with Crippen LogP contribution in [0, 0.1) is 0 Å². The summed E-state index contributed by atoms with van der Waals surface area (Å²) in [6.45, 7) is 4.50. The average Bonchev–Trinajstić information content (AvgIpc) is 2.67. The van der Waals surface area contributed by atoms with E-state index in [2.05, 4.69) is 45.6 Å². The lowest BCUT2D eigenvalue weighted by Crippen LogP contribution is -2.32. The maximum absolute atomic E-state index is 5.27. The molecule has 2 N–H and O–H groups in total. The lowest BCUT2D eigenvalue weighted by atomic mass is 10.0. The van der Waals surface area contributed by atoms with Crippen LogP contribution in [0.5, 0.6) is 5.75 Å². The molecule has 19 heavy (non-hydrogen) atoms. The summed E-state index contributed by atoms with van der Waals surface area (Å²) in [5.41, 5.74) is 1.30. The second kappa shape index (κ2) is 7.27. The molecule has 1 heterocycles. The lowest BCUT2D eigenvalue weighted by molar-refractivity contribution is 0.409. The highest BCUT2D eigenvalue weighted by Gasteiger charge is 2.15. The van der Waals surface area contributed by atoms with E-state index in [0.29, 0.717) is 12.1 Å². The van der Waals surface area contributed by atoms with Crippen LogP contribution in [0.2, 0.25) is 0 Å². The first-order valence-corrected chi connectivity index (χ1v) is 7.80. The summed E-state index contributed by atoms with van der Waals surface area (Å²) in [6, 6.07) is 7.28. The first-order valence-electron chi connectivity index (χ1n) is 7.01. The van der Waals surface area contributed by atoms with E-state index in [9.17, 15) is 0 Å². The third-order valence-corrected chi connectivity index (χ3v) is 4.36. The molecule has 3 nitrogen and oxygen atoms in total. The monoisotopic (exact) mass is 326 g/mol. The summed E-state index contributed by atoms with van der Waals surface area (Å²) in [5, 5.41) is 7.19. The van der Waals surface area contributed by atoms with Crippen LogP contribution >= 0.6 is 15.9 Å². The fourth-order valence-corrected chi connectivity index (χ4v) is 3.15. The molecule has 0 aliphatic carbocycles. The van der Waals surface area contributed by atoms with Crippen LogP contribution in [-0.2, 0) is 0 Å². The van der Waals surface area contributed by atoms with Gasteiger partial charge >= 0.3 is 0 Å². The topological polar surface area (TPSA) is 33.3 Å². The number of nitrogens with one attached hydrogen (secondary N) is 2. The molecule has 106 valence electrons. The predicted molar refractivity (Wildman–Crippen MR) is 82.8 cm³/mol. The van der Waals surface area contributed by atoms with Gasteiger partial charge in [0.2, 0.25) is 0 Å². The summed E-state index contributed by atoms with van der Waals surface area (Å²) in [5.74, 6) is 0.884. The normalized spacial score (nSPS) is 21.7. The van der Waals surface area contributed by atoms with Crippen LogP contribution in [0.25, 0.3) is 0 Å². The Morgan fingerprint density at radius 1 is 1.37 bits per heavy atom. The average molecular weight is 327 g/mol. The van der Waals surface area contributed by atoms with Crippen LogP contribution in [0.1, 0.15) is 37.8 Å². The Bertz CT molecular complexity index is 403. The summed E-state index contributed by atoms with van der Waals surface area (Å²) in [6.07, 6.45) is 3.73. The molecule has 1 aromatic carbocycles. The molecule has 2 unspecified atom stereocenters. The molecule has 0 spiro atoms. The Hall–Kier alpha value is -0.580. The van der Waals surface area contributed by atoms with Gasteiger partial charge in [-0.2, -0.15) is 0 Å². The molecule has 0 bridgehead atoms. The third kappa shape index (κ3) is 4.20. The van der Waals surface area contributed by atoms with Gasteiger partial charge in [0.1, 0.15) is 5.75 Å². The van der Waals surface area contributed by atoms with Crippen LogP contribution in [0.3, 0.4) is 0 Å². The maximum Gasteiger partial charge on any atom is 0.133 e. The van der Waals surface area contributed by atoms with Crippen molar-refractivity contribution in [2.45, 2.75) is 38.3 Å². The second-order valence-electron chi connectivity index (χ2n) is 5.16. The highest BCUT2D eigenvalue weighted by Crippen LogP contribution is 2.28. The predicted octanol–water partition coefficient (Wildman–Crippen LogP) is 3.25.